The number of rotatable bonds is 6. The van der Waals surface area contributed by atoms with Crippen molar-refractivity contribution in [2.75, 3.05) is 13.7 Å². The van der Waals surface area contributed by atoms with E-state index in [1.807, 2.05) is 36.4 Å². The summed E-state index contributed by atoms with van der Waals surface area (Å²) in [4.78, 5) is 40.6. The molecule has 1 aliphatic carbocycles. The number of fused-ring (bicyclic) bond motifs is 3. The summed E-state index contributed by atoms with van der Waals surface area (Å²) in [5.74, 6) is -3.42. The van der Waals surface area contributed by atoms with Crippen LogP contribution >= 0.6 is 0 Å². The van der Waals surface area contributed by atoms with Crippen molar-refractivity contribution in [2.24, 2.45) is 17.8 Å². The van der Waals surface area contributed by atoms with Crippen LogP contribution in [-0.2, 0) is 23.4 Å². The summed E-state index contributed by atoms with van der Waals surface area (Å²) in [6, 6.07) is 26.8. The molecule has 4 atom stereocenters. The molecule has 9 nitrogen and oxygen atoms in total. The SMILES string of the molecule is COC(=O)N1C(=O)[C@H]2[C@H](CC(CO[Si](c3ccccc3)(c3ccccc3)C(C)(C)C)=C3B(O)O[C@H](c4ccc(O)cc4)C[C@H]32)C1=O. The average Bonchev–Trinajstić information content (AvgIpc) is 3.30. The van der Waals surface area contributed by atoms with Crippen LogP contribution < -0.4 is 10.4 Å². The Balaban J connectivity index is 1.45. The molecule has 2 fully saturated rings. The zero-order valence-electron chi connectivity index (χ0n) is 26.4. The Morgan fingerprint density at radius 2 is 1.52 bits per heavy atom. The first-order valence-corrected chi connectivity index (χ1v) is 17.4. The maximum absolute atomic E-state index is 13.7. The smallest absolute Gasteiger partial charge is 0.487 e. The van der Waals surface area contributed by atoms with Crippen LogP contribution in [0.25, 0.3) is 0 Å². The molecule has 0 bridgehead atoms. The summed E-state index contributed by atoms with van der Waals surface area (Å²) in [7, 11) is -3.23. The fraction of sp³-hybridized carbons (Fsp3) is 0.343. The number of allylic oxidation sites excluding steroid dienone is 1. The van der Waals surface area contributed by atoms with Gasteiger partial charge in [0.1, 0.15) is 5.75 Å². The maximum atomic E-state index is 13.7. The molecule has 0 unspecified atom stereocenters. The van der Waals surface area contributed by atoms with E-state index in [2.05, 4.69) is 45.0 Å². The Morgan fingerprint density at radius 3 is 2.07 bits per heavy atom. The van der Waals surface area contributed by atoms with E-state index in [-0.39, 0.29) is 30.2 Å². The number of aromatic hydroxyl groups is 1. The molecule has 46 heavy (non-hydrogen) atoms. The number of amides is 3. The Labute approximate surface area is 270 Å². The van der Waals surface area contributed by atoms with Gasteiger partial charge in [0.05, 0.1) is 31.7 Å². The number of nitrogens with zero attached hydrogens (tertiary/aromatic N) is 1. The molecule has 0 aromatic heterocycles. The highest BCUT2D eigenvalue weighted by molar-refractivity contribution is 6.99. The van der Waals surface area contributed by atoms with Crippen molar-refractivity contribution in [1.82, 2.24) is 4.90 Å². The largest absolute Gasteiger partial charge is 0.508 e. The van der Waals surface area contributed by atoms with Crippen molar-refractivity contribution in [1.29, 1.82) is 0 Å². The molecule has 2 aliphatic heterocycles. The first-order valence-electron chi connectivity index (χ1n) is 15.5. The number of methoxy groups -OCH3 is 1. The average molecular weight is 640 g/mol. The van der Waals surface area contributed by atoms with E-state index < -0.39 is 57.2 Å². The molecule has 0 spiro atoms. The van der Waals surface area contributed by atoms with E-state index in [4.69, 9.17) is 13.8 Å². The number of carbonyl (C=O) groups excluding carboxylic acids is 3. The summed E-state index contributed by atoms with van der Waals surface area (Å²) in [5, 5.41) is 23.3. The van der Waals surface area contributed by atoms with Crippen molar-refractivity contribution in [3.8, 4) is 5.75 Å². The number of likely N-dealkylation sites (tertiary alicyclic amines) is 1. The summed E-state index contributed by atoms with van der Waals surface area (Å²) in [6.07, 6.45) is -1.21. The molecule has 0 radical (unpaired) electrons. The fourth-order valence-electron chi connectivity index (χ4n) is 7.68. The summed E-state index contributed by atoms with van der Waals surface area (Å²) < 4.78 is 18.2. The number of ether oxygens (including phenoxy) is 1. The molecular formula is C35H38BNO8Si. The zero-order chi connectivity index (χ0) is 32.8. The second-order valence-electron chi connectivity index (χ2n) is 13.2. The Bertz CT molecular complexity index is 1620. The molecule has 3 aromatic rings. The van der Waals surface area contributed by atoms with Gasteiger partial charge in [0.15, 0.2) is 0 Å². The molecule has 2 heterocycles. The first-order chi connectivity index (χ1) is 22.0. The van der Waals surface area contributed by atoms with Crippen LogP contribution in [0.15, 0.2) is 96.0 Å². The van der Waals surface area contributed by atoms with Crippen LogP contribution in [0, 0.1) is 17.8 Å². The molecule has 3 aromatic carbocycles. The van der Waals surface area contributed by atoms with Crippen LogP contribution in [0.2, 0.25) is 5.04 Å². The minimum absolute atomic E-state index is 0.0893. The third kappa shape index (κ3) is 5.31. The highest BCUT2D eigenvalue weighted by atomic mass is 28.4. The van der Waals surface area contributed by atoms with Gasteiger partial charge in [-0.1, -0.05) is 93.6 Å². The van der Waals surface area contributed by atoms with Gasteiger partial charge in [-0.25, -0.2) is 4.79 Å². The van der Waals surface area contributed by atoms with E-state index in [9.17, 15) is 24.5 Å². The van der Waals surface area contributed by atoms with Crippen molar-refractivity contribution >= 4 is 43.7 Å². The minimum Gasteiger partial charge on any atom is -0.508 e. The first kappa shape index (κ1) is 31.9. The lowest BCUT2D eigenvalue weighted by molar-refractivity contribution is -0.137. The normalized spacial score (nSPS) is 23.3. The summed E-state index contributed by atoms with van der Waals surface area (Å²) >= 11 is 0. The van der Waals surface area contributed by atoms with Gasteiger partial charge in [-0.2, -0.15) is 4.90 Å². The van der Waals surface area contributed by atoms with Gasteiger partial charge in [-0.3, -0.25) is 9.59 Å². The van der Waals surface area contributed by atoms with Crippen LogP contribution in [0.1, 0.15) is 45.3 Å². The van der Waals surface area contributed by atoms with E-state index in [0.717, 1.165) is 17.5 Å². The minimum atomic E-state index is -3.00. The molecule has 6 rings (SSSR count). The number of hydrogen-bond donors (Lipinski definition) is 2. The zero-order valence-corrected chi connectivity index (χ0v) is 27.4. The van der Waals surface area contributed by atoms with Crippen LogP contribution in [0.5, 0.6) is 5.75 Å². The maximum Gasteiger partial charge on any atom is 0.487 e. The topological polar surface area (TPSA) is 123 Å². The van der Waals surface area contributed by atoms with Gasteiger partial charge >= 0.3 is 13.2 Å². The third-order valence-electron chi connectivity index (χ3n) is 9.71. The molecule has 3 aliphatic rings. The van der Waals surface area contributed by atoms with Gasteiger partial charge in [-0.15, -0.1) is 0 Å². The molecule has 2 saturated heterocycles. The van der Waals surface area contributed by atoms with Crippen molar-refractivity contribution in [2.45, 2.75) is 44.8 Å². The van der Waals surface area contributed by atoms with E-state index in [1.165, 1.54) is 12.1 Å². The van der Waals surface area contributed by atoms with Crippen LogP contribution in [0.4, 0.5) is 4.79 Å². The molecule has 2 N–H and O–H groups in total. The predicted molar refractivity (Wildman–Crippen MR) is 174 cm³/mol. The molecule has 11 heteroatoms. The number of phenols is 1. The highest BCUT2D eigenvalue weighted by Crippen LogP contribution is 2.52. The number of benzene rings is 3. The van der Waals surface area contributed by atoms with Crippen LogP contribution in [0.3, 0.4) is 0 Å². The molecular weight excluding hydrogens is 601 g/mol. The van der Waals surface area contributed by atoms with E-state index in [0.29, 0.717) is 21.5 Å². The molecule has 0 saturated carbocycles. The van der Waals surface area contributed by atoms with Gasteiger partial charge < -0.3 is 23.9 Å². The number of phenolic OH excluding ortho intramolecular Hbond substituents is 1. The second kappa shape index (κ2) is 12.3. The lowest BCUT2D eigenvalue weighted by Gasteiger charge is -2.45. The quantitative estimate of drug-likeness (QED) is 0.305. The Hall–Kier alpha value is -4.03. The molecule has 3 amide bonds. The number of hydrogen-bond acceptors (Lipinski definition) is 8. The summed E-state index contributed by atoms with van der Waals surface area (Å²) in [6.45, 7) is 6.62. The van der Waals surface area contributed by atoms with Crippen molar-refractivity contribution in [3.05, 3.63) is 102 Å². The monoisotopic (exact) mass is 639 g/mol. The number of imide groups is 3. The summed E-state index contributed by atoms with van der Waals surface area (Å²) in [5.41, 5.74) is 1.94. The van der Waals surface area contributed by atoms with Gasteiger partial charge in [0, 0.05) is 0 Å². The number of carbonyl (C=O) groups is 3. The van der Waals surface area contributed by atoms with Gasteiger partial charge in [0.25, 0.3) is 8.32 Å². The second-order valence-corrected chi connectivity index (χ2v) is 17.5. The predicted octanol–water partition coefficient (Wildman–Crippen LogP) is 4.13. The third-order valence-corrected chi connectivity index (χ3v) is 14.7. The van der Waals surface area contributed by atoms with Crippen molar-refractivity contribution < 1.29 is 38.3 Å². The lowest BCUT2D eigenvalue weighted by Crippen LogP contribution is -2.66. The van der Waals surface area contributed by atoms with Crippen molar-refractivity contribution in [3.63, 3.8) is 0 Å². The lowest BCUT2D eigenvalue weighted by atomic mass is 9.55. The van der Waals surface area contributed by atoms with E-state index in [1.54, 1.807) is 12.1 Å². The molecule has 238 valence electrons. The standard InChI is InChI=1S/C35H38BNO8Si/c1-35(2,3)46(25-11-7-5-8-12-25,26-13-9-6-10-14-26)44-21-23-19-28-30(33(40)37(32(28)39)34(41)43-4)27-20-29(45-36(42)31(23)27)22-15-17-24(38)18-16-22/h5-18,27-30,38,42H,19-21H2,1-4H3/t27-,28-,29-,30+/m0/s1. The fourth-order valence-corrected chi connectivity index (χ4v) is 12.2. The van der Waals surface area contributed by atoms with Crippen LogP contribution in [-0.4, -0.2) is 62.1 Å². The highest BCUT2D eigenvalue weighted by Gasteiger charge is 2.60. The Morgan fingerprint density at radius 1 is 0.935 bits per heavy atom. The van der Waals surface area contributed by atoms with Gasteiger partial charge in [-0.05, 0) is 62.9 Å². The van der Waals surface area contributed by atoms with Gasteiger partial charge in [0.2, 0.25) is 11.8 Å². The van der Waals surface area contributed by atoms with E-state index >= 15 is 0 Å². The Kier molecular flexibility index (Phi) is 8.53.